The number of aromatic nitrogens is 2. The van der Waals surface area contributed by atoms with E-state index >= 15 is 0 Å². The molecule has 0 fully saturated rings. The van der Waals surface area contributed by atoms with Crippen LogP contribution >= 0.6 is 0 Å². The number of ketones is 1. The van der Waals surface area contributed by atoms with Crippen LogP contribution in [0.2, 0.25) is 0 Å². The number of methoxy groups -OCH3 is 2. The molecule has 3 rings (SSSR count). The maximum absolute atomic E-state index is 12.5. The van der Waals surface area contributed by atoms with Gasteiger partial charge in [-0.1, -0.05) is 24.3 Å². The van der Waals surface area contributed by atoms with E-state index in [4.69, 9.17) is 9.47 Å². The molecule has 0 spiro atoms. The predicted molar refractivity (Wildman–Crippen MR) is 108 cm³/mol. The first-order chi connectivity index (χ1) is 13.5. The zero-order valence-corrected chi connectivity index (χ0v) is 16.4. The van der Waals surface area contributed by atoms with Crippen molar-refractivity contribution in [1.82, 2.24) is 9.78 Å². The van der Waals surface area contributed by atoms with E-state index in [1.807, 2.05) is 36.4 Å². The first-order valence-corrected chi connectivity index (χ1v) is 9.21. The topological polar surface area (TPSA) is 70.4 Å². The van der Waals surface area contributed by atoms with Crippen LogP contribution < -0.4 is 15.0 Å². The average Bonchev–Trinajstić information content (AvgIpc) is 2.71. The highest BCUT2D eigenvalue weighted by atomic mass is 16.5. The average molecular weight is 380 g/mol. The maximum Gasteiger partial charge on any atom is 0.274 e. The molecule has 0 amide bonds. The smallest absolute Gasteiger partial charge is 0.274 e. The summed E-state index contributed by atoms with van der Waals surface area (Å²) in [6, 6.07) is 13.1. The SMILES string of the molecule is COc1ccc(CCCC(=O)Cc2nn(C)c(=O)c3ccccc23)cc1OC. The van der Waals surface area contributed by atoms with Gasteiger partial charge < -0.3 is 9.47 Å². The van der Waals surface area contributed by atoms with Crippen LogP contribution in [0.4, 0.5) is 0 Å². The molecule has 146 valence electrons. The normalized spacial score (nSPS) is 10.8. The fourth-order valence-electron chi connectivity index (χ4n) is 3.31. The molecular weight excluding hydrogens is 356 g/mol. The van der Waals surface area contributed by atoms with E-state index in [1.54, 1.807) is 27.3 Å². The molecule has 0 saturated carbocycles. The van der Waals surface area contributed by atoms with Gasteiger partial charge in [-0.25, -0.2) is 4.68 Å². The molecule has 6 nitrogen and oxygen atoms in total. The molecule has 6 heteroatoms. The molecule has 3 aromatic rings. The van der Waals surface area contributed by atoms with Gasteiger partial charge in [0.15, 0.2) is 11.5 Å². The second-order valence-electron chi connectivity index (χ2n) is 6.68. The number of benzene rings is 2. The van der Waals surface area contributed by atoms with Gasteiger partial charge in [-0.2, -0.15) is 5.10 Å². The molecule has 0 atom stereocenters. The van der Waals surface area contributed by atoms with E-state index < -0.39 is 0 Å². The number of carbonyl (C=O) groups is 1. The lowest BCUT2D eigenvalue weighted by molar-refractivity contribution is -0.118. The van der Waals surface area contributed by atoms with Crippen LogP contribution in [0.15, 0.2) is 47.3 Å². The Labute approximate surface area is 163 Å². The van der Waals surface area contributed by atoms with E-state index in [2.05, 4.69) is 5.10 Å². The van der Waals surface area contributed by atoms with Crippen molar-refractivity contribution in [2.24, 2.45) is 7.05 Å². The number of aryl methyl sites for hydroxylation is 2. The van der Waals surface area contributed by atoms with Crippen molar-refractivity contribution in [3.05, 3.63) is 64.1 Å². The fraction of sp³-hybridized carbons (Fsp3) is 0.318. The highest BCUT2D eigenvalue weighted by molar-refractivity contribution is 5.89. The number of fused-ring (bicyclic) bond motifs is 1. The summed E-state index contributed by atoms with van der Waals surface area (Å²) in [5.74, 6) is 1.49. The van der Waals surface area contributed by atoms with E-state index in [0.717, 1.165) is 23.8 Å². The van der Waals surface area contributed by atoms with Crippen LogP contribution in [0.25, 0.3) is 10.8 Å². The number of rotatable bonds is 8. The van der Waals surface area contributed by atoms with E-state index in [-0.39, 0.29) is 17.8 Å². The van der Waals surface area contributed by atoms with Gasteiger partial charge in [-0.15, -0.1) is 0 Å². The molecular formula is C22H24N2O4. The van der Waals surface area contributed by atoms with Crippen LogP contribution in [-0.4, -0.2) is 29.8 Å². The Morgan fingerprint density at radius 2 is 1.75 bits per heavy atom. The molecule has 1 heterocycles. The van der Waals surface area contributed by atoms with E-state index in [0.29, 0.717) is 29.0 Å². The molecule has 0 aliphatic heterocycles. The Bertz CT molecular complexity index is 1060. The number of carbonyl (C=O) groups excluding carboxylic acids is 1. The summed E-state index contributed by atoms with van der Waals surface area (Å²) in [4.78, 5) is 24.7. The summed E-state index contributed by atoms with van der Waals surface area (Å²) >= 11 is 0. The maximum atomic E-state index is 12.5. The van der Waals surface area contributed by atoms with Crippen LogP contribution in [0, 0.1) is 0 Å². The molecule has 0 aliphatic rings. The third kappa shape index (κ3) is 4.22. The zero-order chi connectivity index (χ0) is 20.1. The van der Waals surface area contributed by atoms with Gasteiger partial charge in [-0.05, 0) is 36.6 Å². The standard InChI is InChI=1S/C22H24N2O4/c1-24-22(26)18-10-5-4-9-17(18)19(23-24)14-16(25)8-6-7-15-11-12-20(27-2)21(13-15)28-3/h4-5,9-13H,6-8,14H2,1-3H3. The minimum Gasteiger partial charge on any atom is -0.493 e. The highest BCUT2D eigenvalue weighted by Gasteiger charge is 2.12. The fourth-order valence-corrected chi connectivity index (χ4v) is 3.31. The molecule has 0 saturated heterocycles. The van der Waals surface area contributed by atoms with Crippen molar-refractivity contribution < 1.29 is 14.3 Å². The summed E-state index contributed by atoms with van der Waals surface area (Å²) in [5, 5.41) is 5.64. The van der Waals surface area contributed by atoms with E-state index in [1.165, 1.54) is 4.68 Å². The van der Waals surface area contributed by atoms with Gasteiger partial charge in [0.25, 0.3) is 5.56 Å². The highest BCUT2D eigenvalue weighted by Crippen LogP contribution is 2.28. The summed E-state index contributed by atoms with van der Waals surface area (Å²) in [7, 11) is 4.82. The minimum atomic E-state index is -0.153. The summed E-state index contributed by atoms with van der Waals surface area (Å²) in [6.07, 6.45) is 2.18. The van der Waals surface area contributed by atoms with Gasteiger partial charge in [-0.3, -0.25) is 9.59 Å². The lowest BCUT2D eigenvalue weighted by Gasteiger charge is -2.10. The number of hydrogen-bond donors (Lipinski definition) is 0. The van der Waals surface area contributed by atoms with Gasteiger partial charge >= 0.3 is 0 Å². The van der Waals surface area contributed by atoms with Crippen molar-refractivity contribution >= 4 is 16.6 Å². The second kappa shape index (κ2) is 8.69. The molecule has 28 heavy (non-hydrogen) atoms. The Morgan fingerprint density at radius 1 is 1.04 bits per heavy atom. The Morgan fingerprint density at radius 3 is 2.46 bits per heavy atom. The van der Waals surface area contributed by atoms with Gasteiger partial charge in [0.05, 0.1) is 31.7 Å². The van der Waals surface area contributed by atoms with Crippen LogP contribution in [0.1, 0.15) is 24.1 Å². The molecule has 0 unspecified atom stereocenters. The third-order valence-electron chi connectivity index (χ3n) is 4.77. The lowest BCUT2D eigenvalue weighted by Crippen LogP contribution is -2.22. The first kappa shape index (κ1) is 19.6. The van der Waals surface area contributed by atoms with Gasteiger partial charge in [0.2, 0.25) is 0 Å². The number of nitrogens with zero attached hydrogens (tertiary/aromatic N) is 2. The second-order valence-corrected chi connectivity index (χ2v) is 6.68. The molecule has 0 aliphatic carbocycles. The predicted octanol–water partition coefficient (Wildman–Crippen LogP) is 3.09. The molecule has 0 bridgehead atoms. The summed E-state index contributed by atoms with van der Waals surface area (Å²) in [6.45, 7) is 0. The molecule has 0 radical (unpaired) electrons. The lowest BCUT2D eigenvalue weighted by atomic mass is 10.0. The number of Topliss-reactive ketones (excluding diaryl/α,β-unsaturated/α-hetero) is 1. The van der Waals surface area contributed by atoms with Crippen molar-refractivity contribution in [3.63, 3.8) is 0 Å². The van der Waals surface area contributed by atoms with E-state index in [9.17, 15) is 9.59 Å². The van der Waals surface area contributed by atoms with Gasteiger partial charge in [0, 0.05) is 18.9 Å². The van der Waals surface area contributed by atoms with Crippen molar-refractivity contribution in [2.45, 2.75) is 25.7 Å². The number of ether oxygens (including phenoxy) is 2. The third-order valence-corrected chi connectivity index (χ3v) is 4.77. The Balaban J connectivity index is 1.65. The quantitative estimate of drug-likeness (QED) is 0.601. The molecule has 0 N–H and O–H groups in total. The summed E-state index contributed by atoms with van der Waals surface area (Å²) in [5.41, 5.74) is 1.59. The first-order valence-electron chi connectivity index (χ1n) is 9.21. The van der Waals surface area contributed by atoms with Gasteiger partial charge in [0.1, 0.15) is 5.78 Å². The Kier molecular flexibility index (Phi) is 6.09. The zero-order valence-electron chi connectivity index (χ0n) is 16.4. The minimum absolute atomic E-state index is 0.108. The summed E-state index contributed by atoms with van der Waals surface area (Å²) < 4.78 is 11.9. The largest absolute Gasteiger partial charge is 0.493 e. The van der Waals surface area contributed by atoms with Crippen molar-refractivity contribution in [1.29, 1.82) is 0 Å². The molecule has 1 aromatic heterocycles. The number of hydrogen-bond acceptors (Lipinski definition) is 5. The molecule has 2 aromatic carbocycles. The van der Waals surface area contributed by atoms with Crippen molar-refractivity contribution in [2.75, 3.05) is 14.2 Å². The van der Waals surface area contributed by atoms with Crippen molar-refractivity contribution in [3.8, 4) is 11.5 Å². The Hall–Kier alpha value is -3.15. The monoisotopic (exact) mass is 380 g/mol. The van der Waals surface area contributed by atoms with Crippen LogP contribution in [-0.2, 0) is 24.7 Å². The van der Waals surface area contributed by atoms with Crippen LogP contribution in [0.5, 0.6) is 11.5 Å². The van der Waals surface area contributed by atoms with Crippen LogP contribution in [0.3, 0.4) is 0 Å².